The van der Waals surface area contributed by atoms with E-state index >= 15 is 0 Å². The van der Waals surface area contributed by atoms with Crippen LogP contribution in [0.5, 0.6) is 0 Å². The smallest absolute Gasteiger partial charge is 0.425 e. The minimum atomic E-state index is -4.50. The van der Waals surface area contributed by atoms with Gasteiger partial charge >= 0.3 is 12.1 Å². The van der Waals surface area contributed by atoms with Gasteiger partial charge < -0.3 is 4.74 Å². The highest BCUT2D eigenvalue weighted by Crippen LogP contribution is 2.27. The first-order valence-corrected chi connectivity index (χ1v) is 5.27. The number of alkyl halides is 4. The van der Waals surface area contributed by atoms with Crippen molar-refractivity contribution in [1.29, 1.82) is 0 Å². The van der Waals surface area contributed by atoms with Gasteiger partial charge in [0.2, 0.25) is 0 Å². The lowest BCUT2D eigenvalue weighted by Crippen LogP contribution is -2.34. The molecule has 0 aromatic heterocycles. The summed E-state index contributed by atoms with van der Waals surface area (Å²) >= 11 is 5.07. The highest BCUT2D eigenvalue weighted by molar-refractivity contribution is 6.26. The van der Waals surface area contributed by atoms with Gasteiger partial charge in [-0.3, -0.25) is 4.79 Å². The number of rotatable bonds is 6. The average molecular weight is 247 g/mol. The maximum Gasteiger partial charge on any atom is 0.425 e. The SMILES string of the molecule is CCCCCC(OC(=O)CCl)C(F)(F)F. The van der Waals surface area contributed by atoms with Gasteiger partial charge in [0.05, 0.1) is 0 Å². The molecule has 0 aromatic carbocycles. The van der Waals surface area contributed by atoms with Crippen LogP contribution in [0, 0.1) is 0 Å². The van der Waals surface area contributed by atoms with Crippen molar-refractivity contribution in [3.8, 4) is 0 Å². The highest BCUT2D eigenvalue weighted by atomic mass is 35.5. The Kier molecular flexibility index (Phi) is 6.72. The molecule has 0 fully saturated rings. The maximum atomic E-state index is 12.3. The molecule has 0 amide bonds. The molecule has 1 unspecified atom stereocenters. The summed E-state index contributed by atoms with van der Waals surface area (Å²) in [5, 5.41) is 0. The first-order valence-electron chi connectivity index (χ1n) is 4.74. The summed E-state index contributed by atoms with van der Waals surface area (Å²) in [6.45, 7) is 1.88. The molecule has 6 heteroatoms. The number of hydrogen-bond acceptors (Lipinski definition) is 2. The van der Waals surface area contributed by atoms with E-state index in [4.69, 9.17) is 11.6 Å². The van der Waals surface area contributed by atoms with Gasteiger partial charge in [0, 0.05) is 0 Å². The zero-order valence-electron chi connectivity index (χ0n) is 8.44. The third-order valence-electron chi connectivity index (χ3n) is 1.82. The van der Waals surface area contributed by atoms with Crippen molar-refractivity contribution in [2.24, 2.45) is 0 Å². The molecule has 2 nitrogen and oxygen atoms in total. The number of esters is 1. The standard InChI is InChI=1S/C9H14ClF3O2/c1-2-3-4-5-7(9(11,12)13)15-8(14)6-10/h7H,2-6H2,1H3. The first kappa shape index (κ1) is 14.6. The van der Waals surface area contributed by atoms with Crippen LogP contribution in [0.3, 0.4) is 0 Å². The summed E-state index contributed by atoms with van der Waals surface area (Å²) in [4.78, 5) is 10.6. The first-order chi connectivity index (χ1) is 6.91. The van der Waals surface area contributed by atoms with Crippen molar-refractivity contribution in [2.75, 3.05) is 5.88 Å². The van der Waals surface area contributed by atoms with Crippen LogP contribution in [-0.4, -0.2) is 24.1 Å². The summed E-state index contributed by atoms with van der Waals surface area (Å²) < 4.78 is 41.2. The predicted molar refractivity (Wildman–Crippen MR) is 50.8 cm³/mol. The van der Waals surface area contributed by atoms with Crippen molar-refractivity contribution in [3.05, 3.63) is 0 Å². The molecule has 0 N–H and O–H groups in total. The third kappa shape index (κ3) is 6.60. The molecule has 0 aliphatic carbocycles. The lowest BCUT2D eigenvalue weighted by atomic mass is 10.1. The van der Waals surface area contributed by atoms with Crippen LogP contribution in [0.4, 0.5) is 13.2 Å². The van der Waals surface area contributed by atoms with Crippen LogP contribution >= 0.6 is 11.6 Å². The Balaban J connectivity index is 4.14. The van der Waals surface area contributed by atoms with E-state index in [1.165, 1.54) is 0 Å². The van der Waals surface area contributed by atoms with Crippen LogP contribution < -0.4 is 0 Å². The molecule has 1 atom stereocenters. The van der Waals surface area contributed by atoms with Crippen molar-refractivity contribution in [3.63, 3.8) is 0 Å². The second kappa shape index (κ2) is 6.93. The van der Waals surface area contributed by atoms with Gasteiger partial charge in [0.25, 0.3) is 0 Å². The lowest BCUT2D eigenvalue weighted by molar-refractivity contribution is -0.221. The summed E-state index contributed by atoms with van der Waals surface area (Å²) in [6.07, 6.45) is -4.83. The molecule has 0 spiro atoms. The summed E-state index contributed by atoms with van der Waals surface area (Å²) in [6, 6.07) is 0. The topological polar surface area (TPSA) is 26.3 Å². The van der Waals surface area contributed by atoms with Gasteiger partial charge in [0.15, 0.2) is 6.10 Å². The molecule has 0 saturated heterocycles. The number of ether oxygens (including phenoxy) is 1. The molecule has 0 aromatic rings. The molecular formula is C9H14ClF3O2. The van der Waals surface area contributed by atoms with Crippen molar-refractivity contribution in [1.82, 2.24) is 0 Å². The fraction of sp³-hybridized carbons (Fsp3) is 0.889. The monoisotopic (exact) mass is 246 g/mol. The van der Waals surface area contributed by atoms with Gasteiger partial charge in [-0.1, -0.05) is 19.8 Å². The van der Waals surface area contributed by atoms with Crippen LogP contribution in [-0.2, 0) is 9.53 Å². The summed E-state index contributed by atoms with van der Waals surface area (Å²) in [7, 11) is 0. The minimum Gasteiger partial charge on any atom is -0.452 e. The predicted octanol–water partition coefficient (Wildman–Crippen LogP) is 3.28. The fourth-order valence-electron chi connectivity index (χ4n) is 1.06. The molecule has 0 radical (unpaired) electrons. The zero-order valence-corrected chi connectivity index (χ0v) is 9.20. The molecule has 0 aliphatic rings. The van der Waals surface area contributed by atoms with E-state index in [1.807, 2.05) is 6.92 Å². The van der Waals surface area contributed by atoms with Gasteiger partial charge in [-0.05, 0) is 12.8 Å². The molecule has 0 saturated carbocycles. The van der Waals surface area contributed by atoms with Crippen molar-refractivity contribution >= 4 is 17.6 Å². The molecule has 0 bridgehead atoms. The Labute approximate surface area is 91.7 Å². The van der Waals surface area contributed by atoms with E-state index in [1.54, 1.807) is 0 Å². The van der Waals surface area contributed by atoms with Gasteiger partial charge in [-0.2, -0.15) is 13.2 Å². The molecule has 90 valence electrons. The molecule has 0 rings (SSSR count). The normalized spacial score (nSPS) is 13.7. The zero-order chi connectivity index (χ0) is 11.9. The Morgan fingerprint density at radius 1 is 1.40 bits per heavy atom. The van der Waals surface area contributed by atoms with Crippen LogP contribution in [0.2, 0.25) is 0 Å². The van der Waals surface area contributed by atoms with Crippen molar-refractivity contribution in [2.45, 2.75) is 44.9 Å². The second-order valence-electron chi connectivity index (χ2n) is 3.15. The number of carbonyl (C=O) groups excluding carboxylic acids is 1. The average Bonchev–Trinajstić information content (AvgIpc) is 2.14. The van der Waals surface area contributed by atoms with E-state index in [0.717, 1.165) is 6.42 Å². The van der Waals surface area contributed by atoms with Gasteiger partial charge in [0.1, 0.15) is 5.88 Å². The van der Waals surface area contributed by atoms with Crippen LogP contribution in [0.25, 0.3) is 0 Å². The number of halogens is 4. The number of carbonyl (C=O) groups is 1. The summed E-state index contributed by atoms with van der Waals surface area (Å²) in [5.74, 6) is -1.59. The third-order valence-corrected chi connectivity index (χ3v) is 2.04. The van der Waals surface area contributed by atoms with E-state index in [0.29, 0.717) is 12.8 Å². The minimum absolute atomic E-state index is 0.194. The largest absolute Gasteiger partial charge is 0.452 e. The van der Waals surface area contributed by atoms with E-state index in [2.05, 4.69) is 4.74 Å². The molecule has 0 heterocycles. The Morgan fingerprint density at radius 2 is 2.00 bits per heavy atom. The van der Waals surface area contributed by atoms with Crippen LogP contribution in [0.1, 0.15) is 32.6 Å². The molecular weight excluding hydrogens is 233 g/mol. The van der Waals surface area contributed by atoms with Gasteiger partial charge in [-0.15, -0.1) is 11.6 Å². The Bertz CT molecular complexity index is 194. The maximum absolute atomic E-state index is 12.3. The number of hydrogen-bond donors (Lipinski definition) is 0. The van der Waals surface area contributed by atoms with E-state index in [-0.39, 0.29) is 6.42 Å². The second-order valence-corrected chi connectivity index (χ2v) is 3.42. The van der Waals surface area contributed by atoms with E-state index in [9.17, 15) is 18.0 Å². The lowest BCUT2D eigenvalue weighted by Gasteiger charge is -2.19. The van der Waals surface area contributed by atoms with Crippen LogP contribution in [0.15, 0.2) is 0 Å². The quantitative estimate of drug-likeness (QED) is 0.408. The van der Waals surface area contributed by atoms with Crippen molar-refractivity contribution < 1.29 is 22.7 Å². The highest BCUT2D eigenvalue weighted by Gasteiger charge is 2.42. The number of unbranched alkanes of at least 4 members (excludes halogenated alkanes) is 2. The van der Waals surface area contributed by atoms with E-state index < -0.39 is 24.1 Å². The molecule has 0 aliphatic heterocycles. The summed E-state index contributed by atoms with van der Waals surface area (Å²) in [5.41, 5.74) is 0. The Morgan fingerprint density at radius 3 is 2.40 bits per heavy atom. The fourth-order valence-corrected chi connectivity index (χ4v) is 1.12. The Hall–Kier alpha value is -0.450. The molecule has 15 heavy (non-hydrogen) atoms. The van der Waals surface area contributed by atoms with Gasteiger partial charge in [-0.25, -0.2) is 0 Å².